The van der Waals surface area contributed by atoms with Crippen LogP contribution in [0.1, 0.15) is 77.0 Å². The van der Waals surface area contributed by atoms with Crippen LogP contribution in [0.3, 0.4) is 0 Å². The lowest BCUT2D eigenvalue weighted by atomic mass is 9.85. The van der Waals surface area contributed by atoms with E-state index in [1.54, 1.807) is 18.2 Å². The highest BCUT2D eigenvalue weighted by atomic mass is 32.1. The molecule has 5 aromatic rings. The molecule has 294 valence electrons. The molecule has 2 aromatic heterocycles. The fourth-order valence-electron chi connectivity index (χ4n) is 8.98. The van der Waals surface area contributed by atoms with Crippen LogP contribution in [0, 0.1) is 11.7 Å². The normalized spacial score (nSPS) is 23.1. The summed E-state index contributed by atoms with van der Waals surface area (Å²) >= 11 is 1.45. The zero-order valence-electron chi connectivity index (χ0n) is 31.9. The number of pyridine rings is 1. The average molecular weight is 788 g/mol. The topological polar surface area (TPSA) is 136 Å². The molecule has 13 heteroatoms. The number of halogens is 1. The molecular formula is C44H46FN7O4S. The highest BCUT2D eigenvalue weighted by Crippen LogP contribution is 2.41. The second-order valence-corrected chi connectivity index (χ2v) is 17.1. The van der Waals surface area contributed by atoms with E-state index in [4.69, 9.17) is 4.98 Å². The van der Waals surface area contributed by atoms with Gasteiger partial charge in [0.15, 0.2) is 0 Å². The van der Waals surface area contributed by atoms with Crippen LogP contribution in [-0.2, 0) is 9.59 Å². The van der Waals surface area contributed by atoms with Crippen LogP contribution in [0.25, 0.3) is 32.2 Å². The quantitative estimate of drug-likeness (QED) is 0.139. The molecular weight excluding hydrogens is 742 g/mol. The van der Waals surface area contributed by atoms with Crippen molar-refractivity contribution in [3.63, 3.8) is 0 Å². The lowest BCUT2D eigenvalue weighted by Gasteiger charge is -2.39. The van der Waals surface area contributed by atoms with E-state index >= 15 is 4.39 Å². The molecule has 57 heavy (non-hydrogen) atoms. The van der Waals surface area contributed by atoms with Gasteiger partial charge in [-0.3, -0.25) is 29.4 Å². The molecule has 3 aliphatic heterocycles. The summed E-state index contributed by atoms with van der Waals surface area (Å²) in [6, 6.07) is 20.5. The van der Waals surface area contributed by atoms with Crippen molar-refractivity contribution in [2.75, 3.05) is 49.5 Å². The molecule has 1 saturated carbocycles. The Balaban J connectivity index is 0.763. The van der Waals surface area contributed by atoms with Crippen molar-refractivity contribution in [3.8, 4) is 11.3 Å². The van der Waals surface area contributed by atoms with Crippen molar-refractivity contribution in [3.05, 3.63) is 88.6 Å². The van der Waals surface area contributed by atoms with Gasteiger partial charge in [0.25, 0.3) is 11.8 Å². The molecule has 2 saturated heterocycles. The molecule has 3 fully saturated rings. The third-order valence-corrected chi connectivity index (χ3v) is 13.3. The molecule has 0 radical (unpaired) electrons. The number of nitrogens with one attached hydrogen (secondary N) is 4. The minimum atomic E-state index is -0.500. The third kappa shape index (κ3) is 7.58. The van der Waals surface area contributed by atoms with Gasteiger partial charge >= 0.3 is 0 Å². The van der Waals surface area contributed by atoms with Crippen molar-refractivity contribution in [1.82, 2.24) is 25.8 Å². The second kappa shape index (κ2) is 15.5. The first-order valence-electron chi connectivity index (χ1n) is 20.1. The molecule has 3 aromatic carbocycles. The SMILES string of the molecule is C[C@@H]1CNc2c(sc3ccc4nc(-c5ccc(C(=O)N[C@H]6CC[C@H](CN7CCN(c8ccc(C9CCC(=O)NC9=O)cc8)CC7)CC6)cc5F)ccc4c23)C(=O)N1. The second-order valence-electron chi connectivity index (χ2n) is 16.0. The predicted molar refractivity (Wildman–Crippen MR) is 221 cm³/mol. The van der Waals surface area contributed by atoms with Gasteiger partial charge in [0.05, 0.1) is 22.8 Å². The first-order valence-corrected chi connectivity index (χ1v) is 20.9. The van der Waals surface area contributed by atoms with Crippen LogP contribution in [0.5, 0.6) is 0 Å². The highest BCUT2D eigenvalue weighted by Gasteiger charge is 2.30. The fourth-order valence-corrected chi connectivity index (χ4v) is 10.1. The Hall–Kier alpha value is -5.40. The number of piperidine rings is 1. The molecule has 4 amide bonds. The maximum absolute atomic E-state index is 15.6. The lowest BCUT2D eigenvalue weighted by molar-refractivity contribution is -0.134. The van der Waals surface area contributed by atoms with Crippen molar-refractivity contribution in [1.29, 1.82) is 0 Å². The maximum Gasteiger partial charge on any atom is 0.263 e. The summed E-state index contributed by atoms with van der Waals surface area (Å²) in [7, 11) is 0. The Labute approximate surface area is 334 Å². The number of carbonyl (C=O) groups excluding carboxylic acids is 4. The van der Waals surface area contributed by atoms with Crippen molar-refractivity contribution < 1.29 is 23.6 Å². The fraction of sp³-hybridized carbons (Fsp3) is 0.386. The summed E-state index contributed by atoms with van der Waals surface area (Å²) in [4.78, 5) is 60.3. The first kappa shape index (κ1) is 37.2. The first-order chi connectivity index (χ1) is 27.7. The number of anilines is 2. The minimum absolute atomic E-state index is 0.00807. The zero-order valence-corrected chi connectivity index (χ0v) is 32.7. The van der Waals surface area contributed by atoms with Gasteiger partial charge in [-0.2, -0.15) is 0 Å². The third-order valence-electron chi connectivity index (χ3n) is 12.2. The van der Waals surface area contributed by atoms with Gasteiger partial charge in [0.1, 0.15) is 10.7 Å². The molecule has 0 spiro atoms. The number of fused-ring (bicyclic) bond motifs is 5. The lowest BCUT2D eigenvalue weighted by Crippen LogP contribution is -2.48. The van der Waals surface area contributed by atoms with Crippen LogP contribution in [0.15, 0.2) is 66.7 Å². The monoisotopic (exact) mass is 787 g/mol. The molecule has 11 nitrogen and oxygen atoms in total. The van der Waals surface area contributed by atoms with Gasteiger partial charge in [-0.05, 0) is 105 Å². The molecule has 1 aliphatic carbocycles. The number of amides is 4. The largest absolute Gasteiger partial charge is 0.381 e. The van der Waals surface area contributed by atoms with Crippen LogP contribution in [-0.4, -0.2) is 84.9 Å². The van der Waals surface area contributed by atoms with E-state index in [1.807, 2.05) is 37.3 Å². The number of hydrogen-bond acceptors (Lipinski definition) is 9. The Morgan fingerprint density at radius 3 is 2.47 bits per heavy atom. The van der Waals surface area contributed by atoms with E-state index in [-0.39, 0.29) is 41.6 Å². The van der Waals surface area contributed by atoms with Crippen LogP contribution in [0.4, 0.5) is 15.8 Å². The molecule has 9 rings (SSSR count). The number of thiophene rings is 1. The molecule has 4 N–H and O–H groups in total. The predicted octanol–water partition coefficient (Wildman–Crippen LogP) is 6.43. The summed E-state index contributed by atoms with van der Waals surface area (Å²) in [5.41, 5.74) is 4.73. The smallest absolute Gasteiger partial charge is 0.263 e. The Morgan fingerprint density at radius 1 is 0.930 bits per heavy atom. The number of piperazine rings is 1. The summed E-state index contributed by atoms with van der Waals surface area (Å²) in [5, 5.41) is 13.9. The summed E-state index contributed by atoms with van der Waals surface area (Å²) in [6.07, 6.45) is 4.81. The molecule has 2 atom stereocenters. The molecule has 5 heterocycles. The number of imide groups is 1. The Morgan fingerprint density at radius 2 is 1.72 bits per heavy atom. The van der Waals surface area contributed by atoms with Crippen LogP contribution >= 0.6 is 11.3 Å². The van der Waals surface area contributed by atoms with Gasteiger partial charge in [-0.25, -0.2) is 9.37 Å². The van der Waals surface area contributed by atoms with E-state index in [0.29, 0.717) is 52.5 Å². The standard InChI is InChI=1S/C44H46FN7O4S/c1-25-23-46-40-39-33-12-14-35(49-36(33)15-16-37(39)57-41(40)44(56)47-25)32-11-6-28(22-34(32)45)42(54)48-29-7-2-26(3-8-29)24-51-18-20-52(21-19-51)30-9-4-27(5-10-30)31-13-17-38(53)50-43(31)55/h4-6,9-12,14-16,22,25-26,29,31,46H,2-3,7-8,13,17-21,23-24H2,1H3,(H,47,56)(H,48,54)(H,50,53,55)/t25-,26-,29-,31?/m1/s1. The summed E-state index contributed by atoms with van der Waals surface area (Å²) in [5.74, 6) is -0.934. The average Bonchev–Trinajstić information content (AvgIpc) is 3.54. The number of rotatable bonds is 7. The van der Waals surface area contributed by atoms with Gasteiger partial charge in [-0.15, -0.1) is 11.3 Å². The van der Waals surface area contributed by atoms with Crippen LogP contribution in [0.2, 0.25) is 0 Å². The van der Waals surface area contributed by atoms with E-state index < -0.39 is 5.82 Å². The number of nitrogens with zero attached hydrogens (tertiary/aromatic N) is 3. The van der Waals surface area contributed by atoms with Gasteiger partial charge in [0.2, 0.25) is 11.8 Å². The van der Waals surface area contributed by atoms with Crippen molar-refractivity contribution >= 4 is 67.3 Å². The maximum atomic E-state index is 15.6. The van der Waals surface area contributed by atoms with E-state index in [1.165, 1.54) is 17.4 Å². The number of hydrogen-bond donors (Lipinski definition) is 4. The van der Waals surface area contributed by atoms with E-state index in [2.05, 4.69) is 43.2 Å². The van der Waals surface area contributed by atoms with Crippen LogP contribution < -0.4 is 26.2 Å². The van der Waals surface area contributed by atoms with Crippen molar-refractivity contribution in [2.45, 2.75) is 63.5 Å². The van der Waals surface area contributed by atoms with Gasteiger partial charge < -0.3 is 20.9 Å². The summed E-state index contributed by atoms with van der Waals surface area (Å²) < 4.78 is 16.6. The van der Waals surface area contributed by atoms with E-state index in [9.17, 15) is 19.2 Å². The number of carbonyl (C=O) groups is 4. The highest BCUT2D eigenvalue weighted by molar-refractivity contribution is 7.21. The zero-order chi connectivity index (χ0) is 39.2. The summed E-state index contributed by atoms with van der Waals surface area (Å²) in [6.45, 7) is 7.48. The van der Waals surface area contributed by atoms with Gasteiger partial charge in [0, 0.05) is 90.1 Å². The number of aromatic nitrogens is 1. The number of benzene rings is 3. The molecule has 1 unspecified atom stereocenters. The van der Waals surface area contributed by atoms with E-state index in [0.717, 1.165) is 90.8 Å². The Bertz CT molecular complexity index is 2380. The molecule has 4 aliphatic rings. The molecule has 0 bridgehead atoms. The minimum Gasteiger partial charge on any atom is -0.381 e. The van der Waals surface area contributed by atoms with Crippen molar-refractivity contribution in [2.24, 2.45) is 5.92 Å². The Kier molecular flexibility index (Phi) is 10.1. The van der Waals surface area contributed by atoms with Gasteiger partial charge in [-0.1, -0.05) is 12.1 Å².